The third-order valence-corrected chi connectivity index (χ3v) is 3.32. The molecule has 1 fully saturated rings. The van der Waals surface area contributed by atoms with E-state index in [-0.39, 0.29) is 22.3 Å². The number of hydrogen-bond donors (Lipinski definition) is 3. The van der Waals surface area contributed by atoms with Crippen LogP contribution < -0.4 is 16.5 Å². The molecular weight excluding hydrogens is 218 g/mol. The summed E-state index contributed by atoms with van der Waals surface area (Å²) in [5.74, 6) is -0.328. The molecule has 0 saturated heterocycles. The Balaban J connectivity index is 2.02. The van der Waals surface area contributed by atoms with E-state index in [1.807, 2.05) is 0 Å². The Hall–Kier alpha value is -1.62. The van der Waals surface area contributed by atoms with Crippen LogP contribution in [0.2, 0.25) is 0 Å². The van der Waals surface area contributed by atoms with E-state index in [1.54, 1.807) is 6.92 Å². The molecule has 17 heavy (non-hydrogen) atoms. The van der Waals surface area contributed by atoms with Crippen molar-refractivity contribution in [3.8, 4) is 0 Å². The molecule has 5 heteroatoms. The molecule has 0 aromatic carbocycles. The van der Waals surface area contributed by atoms with Gasteiger partial charge >= 0.3 is 0 Å². The van der Waals surface area contributed by atoms with E-state index in [4.69, 9.17) is 5.73 Å². The Morgan fingerprint density at radius 1 is 1.59 bits per heavy atom. The van der Waals surface area contributed by atoms with E-state index in [1.165, 1.54) is 12.3 Å². The first-order chi connectivity index (χ1) is 8.06. The minimum absolute atomic E-state index is 0.0765. The number of aromatic amines is 1. The van der Waals surface area contributed by atoms with E-state index in [0.29, 0.717) is 13.1 Å². The third-order valence-electron chi connectivity index (χ3n) is 3.32. The summed E-state index contributed by atoms with van der Waals surface area (Å²) in [4.78, 5) is 26.2. The molecule has 1 aliphatic carbocycles. The van der Waals surface area contributed by atoms with Gasteiger partial charge in [-0.3, -0.25) is 9.59 Å². The van der Waals surface area contributed by atoms with Crippen LogP contribution in [0, 0.1) is 12.3 Å². The van der Waals surface area contributed by atoms with E-state index in [9.17, 15) is 9.59 Å². The van der Waals surface area contributed by atoms with Gasteiger partial charge in [0, 0.05) is 29.9 Å². The molecule has 0 spiro atoms. The highest BCUT2D eigenvalue weighted by atomic mass is 16.2. The van der Waals surface area contributed by atoms with Gasteiger partial charge in [-0.1, -0.05) is 0 Å². The van der Waals surface area contributed by atoms with Crippen LogP contribution in [0.3, 0.4) is 0 Å². The second-order valence-electron chi connectivity index (χ2n) is 4.78. The summed E-state index contributed by atoms with van der Waals surface area (Å²) in [6.45, 7) is 2.91. The van der Waals surface area contributed by atoms with Crippen molar-refractivity contribution in [2.24, 2.45) is 11.1 Å². The number of amides is 1. The van der Waals surface area contributed by atoms with Gasteiger partial charge in [0.15, 0.2) is 5.43 Å². The molecule has 1 aliphatic rings. The highest BCUT2D eigenvalue weighted by molar-refractivity contribution is 5.93. The summed E-state index contributed by atoms with van der Waals surface area (Å²) in [5, 5.41) is 2.77. The number of carbonyl (C=O) groups is 1. The molecule has 5 nitrogen and oxygen atoms in total. The van der Waals surface area contributed by atoms with Crippen LogP contribution in [0.4, 0.5) is 0 Å². The maximum Gasteiger partial charge on any atom is 0.256 e. The fourth-order valence-electron chi connectivity index (χ4n) is 1.74. The number of nitrogens with one attached hydrogen (secondary N) is 2. The molecule has 1 aromatic rings. The molecule has 0 aliphatic heterocycles. The number of H-pyrrole nitrogens is 1. The molecule has 1 heterocycles. The molecule has 2 rings (SSSR count). The lowest BCUT2D eigenvalue weighted by Gasteiger charge is -2.12. The Kier molecular flexibility index (Phi) is 3.02. The lowest BCUT2D eigenvalue weighted by Crippen LogP contribution is -2.36. The van der Waals surface area contributed by atoms with Crippen molar-refractivity contribution in [2.75, 3.05) is 13.1 Å². The average Bonchev–Trinajstić information content (AvgIpc) is 3.07. The summed E-state index contributed by atoms with van der Waals surface area (Å²) in [6.07, 6.45) is 3.55. The van der Waals surface area contributed by atoms with Crippen molar-refractivity contribution < 1.29 is 4.79 Å². The van der Waals surface area contributed by atoms with E-state index >= 15 is 0 Å². The van der Waals surface area contributed by atoms with Crippen LogP contribution in [0.15, 0.2) is 17.1 Å². The van der Waals surface area contributed by atoms with Crippen molar-refractivity contribution in [3.63, 3.8) is 0 Å². The van der Waals surface area contributed by atoms with E-state index in [2.05, 4.69) is 10.3 Å². The van der Waals surface area contributed by atoms with Crippen molar-refractivity contribution in [1.82, 2.24) is 10.3 Å². The van der Waals surface area contributed by atoms with Gasteiger partial charge in [-0.15, -0.1) is 0 Å². The number of nitrogens with two attached hydrogens (primary N) is 1. The normalized spacial score (nSPS) is 16.6. The van der Waals surface area contributed by atoms with Gasteiger partial charge in [-0.25, -0.2) is 0 Å². The Morgan fingerprint density at radius 3 is 2.82 bits per heavy atom. The zero-order chi connectivity index (χ0) is 12.5. The van der Waals surface area contributed by atoms with Crippen LogP contribution in [-0.2, 0) is 0 Å². The largest absolute Gasteiger partial charge is 0.364 e. The van der Waals surface area contributed by atoms with Crippen LogP contribution >= 0.6 is 0 Å². The molecular formula is C12H17N3O2. The summed E-state index contributed by atoms with van der Waals surface area (Å²) in [7, 11) is 0. The molecule has 4 N–H and O–H groups in total. The molecule has 1 saturated carbocycles. The predicted molar refractivity (Wildman–Crippen MR) is 64.9 cm³/mol. The number of aryl methyl sites for hydroxylation is 1. The first kappa shape index (κ1) is 11.9. The molecule has 92 valence electrons. The molecule has 1 amide bonds. The minimum Gasteiger partial charge on any atom is -0.364 e. The van der Waals surface area contributed by atoms with Gasteiger partial charge in [-0.2, -0.15) is 0 Å². The summed E-state index contributed by atoms with van der Waals surface area (Å²) in [5.41, 5.74) is 6.35. The monoisotopic (exact) mass is 235 g/mol. The molecule has 1 aromatic heterocycles. The second kappa shape index (κ2) is 4.33. The maximum atomic E-state index is 11.8. The fraction of sp³-hybridized carbons (Fsp3) is 0.500. The molecule has 0 atom stereocenters. The lowest BCUT2D eigenvalue weighted by molar-refractivity contribution is 0.0944. The first-order valence-electron chi connectivity index (χ1n) is 5.74. The number of rotatable bonds is 4. The topological polar surface area (TPSA) is 88.0 Å². The lowest BCUT2D eigenvalue weighted by atomic mass is 10.1. The van der Waals surface area contributed by atoms with Crippen molar-refractivity contribution in [1.29, 1.82) is 0 Å². The SMILES string of the molecule is Cc1cc(=O)c(C(=O)NCC2(CN)CC2)c[nH]1. The molecule has 0 unspecified atom stereocenters. The summed E-state index contributed by atoms with van der Waals surface area (Å²) < 4.78 is 0. The minimum atomic E-state index is -0.328. The number of pyridine rings is 1. The highest BCUT2D eigenvalue weighted by Gasteiger charge is 2.41. The van der Waals surface area contributed by atoms with Gasteiger partial charge in [0.2, 0.25) is 0 Å². The van der Waals surface area contributed by atoms with Crippen LogP contribution in [0.1, 0.15) is 28.9 Å². The summed E-state index contributed by atoms with van der Waals surface area (Å²) in [6, 6.07) is 1.42. The Morgan fingerprint density at radius 2 is 2.29 bits per heavy atom. The fourth-order valence-corrected chi connectivity index (χ4v) is 1.74. The first-order valence-corrected chi connectivity index (χ1v) is 5.74. The Labute approximate surface area is 99.4 Å². The van der Waals surface area contributed by atoms with Crippen molar-refractivity contribution in [2.45, 2.75) is 19.8 Å². The van der Waals surface area contributed by atoms with Crippen molar-refractivity contribution >= 4 is 5.91 Å². The molecule has 0 bridgehead atoms. The number of hydrogen-bond acceptors (Lipinski definition) is 3. The van der Waals surface area contributed by atoms with E-state index < -0.39 is 0 Å². The smallest absolute Gasteiger partial charge is 0.256 e. The maximum absolute atomic E-state index is 11.8. The zero-order valence-electron chi connectivity index (χ0n) is 9.88. The highest BCUT2D eigenvalue weighted by Crippen LogP contribution is 2.43. The van der Waals surface area contributed by atoms with Gasteiger partial charge < -0.3 is 16.0 Å². The van der Waals surface area contributed by atoms with Gasteiger partial charge in [-0.05, 0) is 26.3 Å². The van der Waals surface area contributed by atoms with Crippen LogP contribution in [-0.4, -0.2) is 24.0 Å². The third kappa shape index (κ3) is 2.55. The summed E-state index contributed by atoms with van der Waals surface area (Å²) >= 11 is 0. The second-order valence-corrected chi connectivity index (χ2v) is 4.78. The quantitative estimate of drug-likeness (QED) is 0.694. The van der Waals surface area contributed by atoms with Crippen LogP contribution in [0.5, 0.6) is 0 Å². The van der Waals surface area contributed by atoms with Gasteiger partial charge in [0.1, 0.15) is 5.56 Å². The number of aromatic nitrogens is 1. The van der Waals surface area contributed by atoms with E-state index in [0.717, 1.165) is 18.5 Å². The van der Waals surface area contributed by atoms with Crippen LogP contribution in [0.25, 0.3) is 0 Å². The average molecular weight is 235 g/mol. The number of carbonyl (C=O) groups excluding carboxylic acids is 1. The Bertz CT molecular complexity index is 489. The van der Waals surface area contributed by atoms with Crippen molar-refractivity contribution in [3.05, 3.63) is 33.7 Å². The zero-order valence-corrected chi connectivity index (χ0v) is 9.88. The predicted octanol–water partition coefficient (Wildman–Crippen LogP) is 0.152. The standard InChI is InChI=1S/C12H17N3O2/c1-8-4-10(16)9(5-14-8)11(17)15-7-12(6-13)2-3-12/h4-5H,2-3,6-7,13H2,1H3,(H,14,16)(H,15,17). The molecule has 0 radical (unpaired) electrons. The van der Waals surface area contributed by atoms with Gasteiger partial charge in [0.05, 0.1) is 0 Å². The van der Waals surface area contributed by atoms with Gasteiger partial charge in [0.25, 0.3) is 5.91 Å².